The molecular formula is C15H14F2N2O2. The lowest BCUT2D eigenvalue weighted by Crippen LogP contribution is -2.21. The topological polar surface area (TPSA) is 64.3 Å². The second-order valence-corrected chi connectivity index (χ2v) is 4.41. The summed E-state index contributed by atoms with van der Waals surface area (Å²) in [6.07, 6.45) is 0. The normalized spacial score (nSPS) is 10.2. The Morgan fingerprint density at radius 1 is 1.24 bits per heavy atom. The molecule has 0 aliphatic carbocycles. The lowest BCUT2D eigenvalue weighted by Gasteiger charge is -2.11. The fraction of sp³-hybridized carbons (Fsp3) is 0.133. The fourth-order valence-electron chi connectivity index (χ4n) is 1.71. The SMILES string of the molecule is Cc1c(N)cccc1NC(=O)COc1cccc(F)c1F. The smallest absolute Gasteiger partial charge is 0.262 e. The van der Waals surface area contributed by atoms with E-state index in [1.54, 1.807) is 25.1 Å². The molecule has 0 radical (unpaired) electrons. The molecule has 0 fully saturated rings. The fourth-order valence-corrected chi connectivity index (χ4v) is 1.71. The van der Waals surface area contributed by atoms with Gasteiger partial charge in [0.2, 0.25) is 5.82 Å². The first-order valence-corrected chi connectivity index (χ1v) is 6.21. The Morgan fingerprint density at radius 2 is 1.95 bits per heavy atom. The monoisotopic (exact) mass is 292 g/mol. The number of rotatable bonds is 4. The van der Waals surface area contributed by atoms with Crippen molar-refractivity contribution < 1.29 is 18.3 Å². The van der Waals surface area contributed by atoms with Crippen molar-refractivity contribution in [3.63, 3.8) is 0 Å². The number of benzene rings is 2. The van der Waals surface area contributed by atoms with Gasteiger partial charge < -0.3 is 15.8 Å². The number of nitrogens with one attached hydrogen (secondary N) is 1. The maximum atomic E-state index is 13.3. The number of nitrogen functional groups attached to an aromatic ring is 1. The predicted octanol–water partition coefficient (Wildman–Crippen LogP) is 2.87. The van der Waals surface area contributed by atoms with E-state index in [0.717, 1.165) is 11.6 Å². The molecule has 0 atom stereocenters. The molecule has 0 heterocycles. The van der Waals surface area contributed by atoms with Gasteiger partial charge in [-0.15, -0.1) is 0 Å². The van der Waals surface area contributed by atoms with Crippen molar-refractivity contribution in [2.24, 2.45) is 0 Å². The van der Waals surface area contributed by atoms with E-state index >= 15 is 0 Å². The van der Waals surface area contributed by atoms with Gasteiger partial charge in [-0.2, -0.15) is 4.39 Å². The molecule has 0 aliphatic heterocycles. The summed E-state index contributed by atoms with van der Waals surface area (Å²) in [6, 6.07) is 8.62. The first-order chi connectivity index (χ1) is 9.99. The van der Waals surface area contributed by atoms with Crippen LogP contribution in [0.5, 0.6) is 5.75 Å². The van der Waals surface area contributed by atoms with E-state index in [1.807, 2.05) is 0 Å². The first-order valence-electron chi connectivity index (χ1n) is 6.21. The minimum atomic E-state index is -1.12. The van der Waals surface area contributed by atoms with E-state index in [-0.39, 0.29) is 5.75 Å². The summed E-state index contributed by atoms with van der Waals surface area (Å²) in [4.78, 5) is 11.8. The second kappa shape index (κ2) is 6.21. The highest BCUT2D eigenvalue weighted by atomic mass is 19.2. The van der Waals surface area contributed by atoms with Crippen molar-refractivity contribution >= 4 is 17.3 Å². The molecule has 21 heavy (non-hydrogen) atoms. The van der Waals surface area contributed by atoms with Crippen LogP contribution in [0.15, 0.2) is 36.4 Å². The molecule has 0 saturated carbocycles. The van der Waals surface area contributed by atoms with Crippen LogP contribution in [-0.2, 0) is 4.79 Å². The van der Waals surface area contributed by atoms with Crippen molar-refractivity contribution in [2.75, 3.05) is 17.7 Å². The lowest BCUT2D eigenvalue weighted by molar-refractivity contribution is -0.118. The molecule has 2 rings (SSSR count). The van der Waals surface area contributed by atoms with Crippen LogP contribution in [0.3, 0.4) is 0 Å². The Bertz CT molecular complexity index is 675. The number of carbonyl (C=O) groups is 1. The third-order valence-corrected chi connectivity index (χ3v) is 2.92. The van der Waals surface area contributed by atoms with Gasteiger partial charge in [0.15, 0.2) is 18.2 Å². The first kappa shape index (κ1) is 14.8. The van der Waals surface area contributed by atoms with Crippen LogP contribution in [0, 0.1) is 18.6 Å². The molecule has 0 unspecified atom stereocenters. The number of hydrogen-bond acceptors (Lipinski definition) is 3. The standard InChI is InChI=1S/C15H14F2N2O2/c1-9-11(18)5-3-6-12(9)19-14(20)8-21-13-7-2-4-10(16)15(13)17/h2-7H,8,18H2,1H3,(H,19,20). The number of carbonyl (C=O) groups excluding carboxylic acids is 1. The molecule has 1 amide bonds. The number of amides is 1. The van der Waals surface area contributed by atoms with Crippen LogP contribution >= 0.6 is 0 Å². The summed E-state index contributed by atoms with van der Waals surface area (Å²) in [7, 11) is 0. The lowest BCUT2D eigenvalue weighted by atomic mass is 10.1. The summed E-state index contributed by atoms with van der Waals surface area (Å²) >= 11 is 0. The van der Waals surface area contributed by atoms with Gasteiger partial charge in [0.05, 0.1) is 0 Å². The highest BCUT2D eigenvalue weighted by Crippen LogP contribution is 2.21. The summed E-state index contributed by atoms with van der Waals surface area (Å²) in [5, 5.41) is 2.60. The van der Waals surface area contributed by atoms with Gasteiger partial charge in [0.25, 0.3) is 5.91 Å². The van der Waals surface area contributed by atoms with Crippen molar-refractivity contribution in [1.29, 1.82) is 0 Å². The van der Waals surface area contributed by atoms with Crippen LogP contribution in [-0.4, -0.2) is 12.5 Å². The molecule has 0 bridgehead atoms. The molecule has 3 N–H and O–H groups in total. The van der Waals surface area contributed by atoms with Crippen LogP contribution in [0.1, 0.15) is 5.56 Å². The summed E-state index contributed by atoms with van der Waals surface area (Å²) in [5.41, 5.74) is 7.54. The zero-order chi connectivity index (χ0) is 15.4. The molecule has 0 aromatic heterocycles. The Labute approximate surface area is 120 Å². The molecule has 0 aliphatic rings. The quantitative estimate of drug-likeness (QED) is 0.852. The molecule has 0 spiro atoms. The third kappa shape index (κ3) is 3.47. The highest BCUT2D eigenvalue weighted by Gasteiger charge is 2.11. The van der Waals surface area contributed by atoms with Gasteiger partial charge in [-0.25, -0.2) is 4.39 Å². The number of halogens is 2. The van der Waals surface area contributed by atoms with Gasteiger partial charge in [-0.3, -0.25) is 4.79 Å². The molecule has 0 saturated heterocycles. The molecule has 2 aromatic carbocycles. The van der Waals surface area contributed by atoms with E-state index in [9.17, 15) is 13.6 Å². The van der Waals surface area contributed by atoms with E-state index in [1.165, 1.54) is 12.1 Å². The van der Waals surface area contributed by atoms with Gasteiger partial charge in [0.1, 0.15) is 0 Å². The largest absolute Gasteiger partial charge is 0.481 e. The Kier molecular flexibility index (Phi) is 4.37. The number of anilines is 2. The minimum Gasteiger partial charge on any atom is -0.481 e. The van der Waals surface area contributed by atoms with Gasteiger partial charge >= 0.3 is 0 Å². The maximum absolute atomic E-state index is 13.3. The Hall–Kier alpha value is -2.63. The molecule has 2 aromatic rings. The molecule has 6 heteroatoms. The van der Waals surface area contributed by atoms with Crippen LogP contribution in [0.2, 0.25) is 0 Å². The summed E-state index contributed by atoms with van der Waals surface area (Å²) in [5.74, 6) is -2.95. The van der Waals surface area contributed by atoms with Crippen LogP contribution < -0.4 is 15.8 Å². The number of hydrogen-bond donors (Lipinski definition) is 2. The van der Waals surface area contributed by atoms with Gasteiger partial charge in [-0.05, 0) is 36.8 Å². The van der Waals surface area contributed by atoms with Crippen LogP contribution in [0.25, 0.3) is 0 Å². The molecule has 110 valence electrons. The van der Waals surface area contributed by atoms with E-state index in [4.69, 9.17) is 10.5 Å². The zero-order valence-corrected chi connectivity index (χ0v) is 11.3. The Balaban J connectivity index is 1.99. The number of ether oxygens (including phenoxy) is 1. The van der Waals surface area contributed by atoms with Crippen molar-refractivity contribution in [3.8, 4) is 5.75 Å². The van der Waals surface area contributed by atoms with Crippen molar-refractivity contribution in [1.82, 2.24) is 0 Å². The van der Waals surface area contributed by atoms with Crippen molar-refractivity contribution in [3.05, 3.63) is 53.6 Å². The molecular weight excluding hydrogens is 278 g/mol. The van der Waals surface area contributed by atoms with E-state index in [0.29, 0.717) is 11.4 Å². The van der Waals surface area contributed by atoms with Gasteiger partial charge in [-0.1, -0.05) is 12.1 Å². The Morgan fingerprint density at radius 3 is 2.71 bits per heavy atom. The average Bonchev–Trinajstić information content (AvgIpc) is 2.45. The van der Waals surface area contributed by atoms with E-state index < -0.39 is 24.1 Å². The van der Waals surface area contributed by atoms with Crippen molar-refractivity contribution in [2.45, 2.75) is 6.92 Å². The number of nitrogens with two attached hydrogens (primary N) is 1. The minimum absolute atomic E-state index is 0.311. The predicted molar refractivity (Wildman–Crippen MR) is 76.1 cm³/mol. The maximum Gasteiger partial charge on any atom is 0.262 e. The average molecular weight is 292 g/mol. The summed E-state index contributed by atoms with van der Waals surface area (Å²) in [6.45, 7) is 1.33. The van der Waals surface area contributed by atoms with Gasteiger partial charge in [0, 0.05) is 11.4 Å². The zero-order valence-electron chi connectivity index (χ0n) is 11.3. The summed E-state index contributed by atoms with van der Waals surface area (Å²) < 4.78 is 31.3. The van der Waals surface area contributed by atoms with E-state index in [2.05, 4.69) is 5.32 Å². The van der Waals surface area contributed by atoms with Crippen LogP contribution in [0.4, 0.5) is 20.2 Å². The molecule has 4 nitrogen and oxygen atoms in total. The third-order valence-electron chi connectivity index (χ3n) is 2.92. The highest BCUT2D eigenvalue weighted by molar-refractivity contribution is 5.93. The second-order valence-electron chi connectivity index (χ2n) is 4.41.